The van der Waals surface area contributed by atoms with E-state index in [1.54, 1.807) is 6.92 Å². The Hall–Kier alpha value is -1.85. The first-order valence-corrected chi connectivity index (χ1v) is 5.94. The van der Waals surface area contributed by atoms with Crippen molar-refractivity contribution in [3.63, 3.8) is 0 Å². The van der Waals surface area contributed by atoms with Crippen LogP contribution in [0.3, 0.4) is 0 Å². The summed E-state index contributed by atoms with van der Waals surface area (Å²) in [6.45, 7) is 1.53. The van der Waals surface area contributed by atoms with Gasteiger partial charge in [0.2, 0.25) is 0 Å². The lowest BCUT2D eigenvalue weighted by Crippen LogP contribution is -2.30. The molecule has 6 nitrogen and oxygen atoms in total. The first-order chi connectivity index (χ1) is 8.61. The SMILES string of the molecule is COC(=O)CNC(=O)c1nc(C2CCC2)oc1C. The summed E-state index contributed by atoms with van der Waals surface area (Å²) < 4.78 is 9.92. The number of carbonyl (C=O) groups excluding carboxylic acids is 2. The summed E-state index contributed by atoms with van der Waals surface area (Å²) in [6.07, 6.45) is 3.29. The molecule has 0 saturated heterocycles. The summed E-state index contributed by atoms with van der Waals surface area (Å²) in [5.74, 6) is 0.544. The molecule has 98 valence electrons. The van der Waals surface area contributed by atoms with Gasteiger partial charge in [-0.3, -0.25) is 9.59 Å². The van der Waals surface area contributed by atoms with Gasteiger partial charge in [0.25, 0.3) is 5.91 Å². The zero-order valence-electron chi connectivity index (χ0n) is 10.5. The molecule has 1 fully saturated rings. The smallest absolute Gasteiger partial charge is 0.325 e. The first kappa shape index (κ1) is 12.6. The molecule has 0 atom stereocenters. The Morgan fingerprint density at radius 3 is 2.78 bits per heavy atom. The van der Waals surface area contributed by atoms with Crippen LogP contribution < -0.4 is 5.32 Å². The standard InChI is InChI=1S/C12H16N2O4/c1-7-10(11(16)13-6-9(15)17-2)14-12(18-7)8-4-3-5-8/h8H,3-6H2,1-2H3,(H,13,16). The number of methoxy groups -OCH3 is 1. The number of aromatic nitrogens is 1. The van der Waals surface area contributed by atoms with Crippen LogP contribution in [-0.2, 0) is 9.53 Å². The molecule has 1 amide bonds. The fourth-order valence-electron chi connectivity index (χ4n) is 1.77. The Morgan fingerprint density at radius 1 is 1.50 bits per heavy atom. The van der Waals surface area contributed by atoms with Crippen LogP contribution in [0.15, 0.2) is 4.42 Å². The maximum Gasteiger partial charge on any atom is 0.325 e. The van der Waals surface area contributed by atoms with Crippen molar-refractivity contribution in [3.05, 3.63) is 17.3 Å². The lowest BCUT2D eigenvalue weighted by molar-refractivity contribution is -0.139. The predicted octanol–water partition coefficient (Wildman–Crippen LogP) is 1.15. The minimum absolute atomic E-state index is 0.166. The van der Waals surface area contributed by atoms with Gasteiger partial charge in [-0.05, 0) is 19.8 Å². The third kappa shape index (κ3) is 2.52. The van der Waals surface area contributed by atoms with Crippen LogP contribution >= 0.6 is 0 Å². The fraction of sp³-hybridized carbons (Fsp3) is 0.583. The Morgan fingerprint density at radius 2 is 2.22 bits per heavy atom. The zero-order chi connectivity index (χ0) is 13.1. The van der Waals surface area contributed by atoms with Crippen LogP contribution in [0.5, 0.6) is 0 Å². The number of aryl methyl sites for hydroxylation is 1. The second-order valence-corrected chi connectivity index (χ2v) is 4.34. The monoisotopic (exact) mass is 252 g/mol. The molecular formula is C12H16N2O4. The largest absolute Gasteiger partial charge is 0.468 e. The van der Waals surface area contributed by atoms with E-state index in [0.717, 1.165) is 12.8 Å². The minimum atomic E-state index is -0.497. The first-order valence-electron chi connectivity index (χ1n) is 5.94. The van der Waals surface area contributed by atoms with E-state index < -0.39 is 11.9 Å². The second-order valence-electron chi connectivity index (χ2n) is 4.34. The van der Waals surface area contributed by atoms with Gasteiger partial charge in [-0.1, -0.05) is 6.42 Å². The normalized spacial score (nSPS) is 15.0. The molecule has 6 heteroatoms. The molecule has 0 unspecified atom stereocenters. The average molecular weight is 252 g/mol. The Balaban J connectivity index is 2.01. The maximum absolute atomic E-state index is 11.8. The molecule has 1 aliphatic rings. The highest BCUT2D eigenvalue weighted by Gasteiger charge is 2.27. The summed E-state index contributed by atoms with van der Waals surface area (Å²) >= 11 is 0. The molecule has 18 heavy (non-hydrogen) atoms. The molecule has 0 radical (unpaired) electrons. The van der Waals surface area contributed by atoms with Crippen LogP contribution in [0.25, 0.3) is 0 Å². The summed E-state index contributed by atoms with van der Waals surface area (Å²) in [6, 6.07) is 0. The van der Waals surface area contributed by atoms with E-state index in [0.29, 0.717) is 17.6 Å². The van der Waals surface area contributed by atoms with Crippen molar-refractivity contribution in [1.29, 1.82) is 0 Å². The topological polar surface area (TPSA) is 81.4 Å². The second kappa shape index (κ2) is 5.20. The number of oxazole rings is 1. The van der Waals surface area contributed by atoms with Gasteiger partial charge in [-0.15, -0.1) is 0 Å². The van der Waals surface area contributed by atoms with Gasteiger partial charge in [0, 0.05) is 5.92 Å². The summed E-state index contributed by atoms with van der Waals surface area (Å²) in [5, 5.41) is 2.44. The van der Waals surface area contributed by atoms with Crippen molar-refractivity contribution in [3.8, 4) is 0 Å². The quantitative estimate of drug-likeness (QED) is 0.813. The van der Waals surface area contributed by atoms with Gasteiger partial charge in [0.15, 0.2) is 11.6 Å². The van der Waals surface area contributed by atoms with Gasteiger partial charge < -0.3 is 14.5 Å². The molecule has 1 aliphatic carbocycles. The van der Waals surface area contributed by atoms with E-state index in [-0.39, 0.29) is 12.2 Å². The van der Waals surface area contributed by atoms with Crippen molar-refractivity contribution >= 4 is 11.9 Å². The summed E-state index contributed by atoms with van der Waals surface area (Å²) in [5.41, 5.74) is 0.251. The van der Waals surface area contributed by atoms with E-state index in [9.17, 15) is 9.59 Å². The van der Waals surface area contributed by atoms with Crippen LogP contribution in [-0.4, -0.2) is 30.5 Å². The Bertz CT molecular complexity index is 463. The lowest BCUT2D eigenvalue weighted by Gasteiger charge is -2.21. The number of hydrogen-bond donors (Lipinski definition) is 1. The molecule has 2 rings (SSSR count). The van der Waals surface area contributed by atoms with E-state index >= 15 is 0 Å². The van der Waals surface area contributed by atoms with Crippen molar-refractivity contribution in [2.45, 2.75) is 32.1 Å². The molecule has 1 saturated carbocycles. The number of esters is 1. The summed E-state index contributed by atoms with van der Waals surface area (Å²) in [4.78, 5) is 26.9. The lowest BCUT2D eigenvalue weighted by atomic mass is 9.85. The van der Waals surface area contributed by atoms with Gasteiger partial charge in [0.1, 0.15) is 12.3 Å². The molecule has 1 N–H and O–H groups in total. The number of carbonyl (C=O) groups is 2. The van der Waals surface area contributed by atoms with Crippen LogP contribution in [0, 0.1) is 6.92 Å². The molecule has 0 spiro atoms. The molecule has 0 aliphatic heterocycles. The highest BCUT2D eigenvalue weighted by Crippen LogP contribution is 2.36. The van der Waals surface area contributed by atoms with Crippen molar-refractivity contribution in [1.82, 2.24) is 10.3 Å². The van der Waals surface area contributed by atoms with Crippen LogP contribution in [0.1, 0.15) is 47.3 Å². The van der Waals surface area contributed by atoms with Crippen molar-refractivity contribution < 1.29 is 18.7 Å². The number of rotatable bonds is 4. The highest BCUT2D eigenvalue weighted by molar-refractivity contribution is 5.95. The highest BCUT2D eigenvalue weighted by atomic mass is 16.5. The van der Waals surface area contributed by atoms with Crippen molar-refractivity contribution in [2.75, 3.05) is 13.7 Å². The molecule has 0 bridgehead atoms. The fourth-order valence-corrected chi connectivity index (χ4v) is 1.77. The zero-order valence-corrected chi connectivity index (χ0v) is 10.5. The third-order valence-corrected chi connectivity index (χ3v) is 3.10. The number of amides is 1. The predicted molar refractivity (Wildman–Crippen MR) is 62.2 cm³/mol. The maximum atomic E-state index is 11.8. The van der Waals surface area contributed by atoms with Crippen molar-refractivity contribution in [2.24, 2.45) is 0 Å². The number of ether oxygens (including phenoxy) is 1. The van der Waals surface area contributed by atoms with Gasteiger partial charge in [-0.2, -0.15) is 0 Å². The van der Waals surface area contributed by atoms with Gasteiger partial charge in [0.05, 0.1) is 7.11 Å². The number of nitrogens with zero attached hydrogens (tertiary/aromatic N) is 1. The molecule has 1 aromatic heterocycles. The van der Waals surface area contributed by atoms with Crippen LogP contribution in [0.4, 0.5) is 0 Å². The van der Waals surface area contributed by atoms with E-state index in [1.165, 1.54) is 13.5 Å². The number of nitrogens with one attached hydrogen (secondary N) is 1. The molecule has 0 aromatic carbocycles. The van der Waals surface area contributed by atoms with Gasteiger partial charge in [-0.25, -0.2) is 4.98 Å². The average Bonchev–Trinajstić information content (AvgIpc) is 2.65. The molecular weight excluding hydrogens is 236 g/mol. The third-order valence-electron chi connectivity index (χ3n) is 3.10. The minimum Gasteiger partial charge on any atom is -0.468 e. The summed E-state index contributed by atoms with van der Waals surface area (Å²) in [7, 11) is 1.27. The molecule has 1 heterocycles. The van der Waals surface area contributed by atoms with E-state index in [2.05, 4.69) is 15.0 Å². The van der Waals surface area contributed by atoms with Crippen LogP contribution in [0.2, 0.25) is 0 Å². The van der Waals surface area contributed by atoms with Gasteiger partial charge >= 0.3 is 5.97 Å². The van der Waals surface area contributed by atoms with E-state index in [4.69, 9.17) is 4.42 Å². The number of hydrogen-bond acceptors (Lipinski definition) is 5. The molecule has 1 aromatic rings. The Kier molecular flexibility index (Phi) is 3.64. The Labute approximate surface area is 105 Å². The van der Waals surface area contributed by atoms with E-state index in [1.807, 2.05) is 0 Å².